The van der Waals surface area contributed by atoms with E-state index >= 15 is 0 Å². The maximum absolute atomic E-state index is 10.9. The third kappa shape index (κ3) is 2.82. The number of fused-ring (bicyclic) bond motifs is 1. The number of carboxylic acid groups (broad SMARTS) is 1. The molecular weight excluding hydrogens is 322 g/mol. The normalized spacial score (nSPS) is 11.2. The lowest BCUT2D eigenvalue weighted by Crippen LogP contribution is -2.03. The minimum absolute atomic E-state index is 0.462. The highest BCUT2D eigenvalue weighted by Crippen LogP contribution is 2.30. The summed E-state index contributed by atoms with van der Waals surface area (Å²) in [6.45, 7) is 4.40. The number of hydrogen-bond donors (Lipinski definition) is 1. The van der Waals surface area contributed by atoms with E-state index in [0.29, 0.717) is 23.4 Å². The lowest BCUT2D eigenvalue weighted by Gasteiger charge is -2.07. The average Bonchev–Trinajstić information content (AvgIpc) is 3.12. The van der Waals surface area contributed by atoms with Crippen LogP contribution in [-0.2, 0) is 11.3 Å². The van der Waals surface area contributed by atoms with Crippen molar-refractivity contribution < 1.29 is 9.90 Å². The Morgan fingerprint density at radius 3 is 2.92 bits per heavy atom. The first-order chi connectivity index (χ1) is 11.5. The number of aliphatic carboxylic acids is 1. The highest BCUT2D eigenvalue weighted by molar-refractivity contribution is 7.09. The molecule has 0 atom stereocenters. The third-order valence-corrected chi connectivity index (χ3v) is 4.63. The van der Waals surface area contributed by atoms with Gasteiger partial charge in [-0.1, -0.05) is 6.07 Å². The molecule has 1 N–H and O–H groups in total. The van der Waals surface area contributed by atoms with Gasteiger partial charge in [0.1, 0.15) is 11.7 Å². The summed E-state index contributed by atoms with van der Waals surface area (Å²) in [7, 11) is 0. The molecule has 0 aromatic carbocycles. The van der Waals surface area contributed by atoms with Gasteiger partial charge in [-0.3, -0.25) is 0 Å². The van der Waals surface area contributed by atoms with Crippen LogP contribution in [0.2, 0.25) is 0 Å². The second kappa shape index (κ2) is 6.30. The van der Waals surface area contributed by atoms with E-state index in [-0.39, 0.29) is 0 Å². The van der Waals surface area contributed by atoms with Gasteiger partial charge in [0.15, 0.2) is 0 Å². The van der Waals surface area contributed by atoms with Gasteiger partial charge in [0.2, 0.25) is 0 Å². The highest BCUT2D eigenvalue weighted by Gasteiger charge is 2.19. The van der Waals surface area contributed by atoms with Crippen molar-refractivity contribution in [2.24, 2.45) is 0 Å². The van der Waals surface area contributed by atoms with Gasteiger partial charge in [-0.05, 0) is 43.0 Å². The molecule has 0 aliphatic carbocycles. The summed E-state index contributed by atoms with van der Waals surface area (Å²) >= 11 is 1.61. The molecule has 0 unspecified atom stereocenters. The summed E-state index contributed by atoms with van der Waals surface area (Å²) in [5.74, 6) is -1.05. The molecule has 0 bridgehead atoms. The van der Waals surface area contributed by atoms with E-state index in [0.717, 1.165) is 27.6 Å². The number of nitriles is 1. The lowest BCUT2D eigenvalue weighted by atomic mass is 10.1. The van der Waals surface area contributed by atoms with Gasteiger partial charge in [0.05, 0.1) is 17.8 Å². The molecule has 120 valence electrons. The van der Waals surface area contributed by atoms with E-state index < -0.39 is 5.97 Å². The number of thiophene rings is 1. The van der Waals surface area contributed by atoms with Crippen LogP contribution in [0.3, 0.4) is 0 Å². The highest BCUT2D eigenvalue weighted by atomic mass is 32.1. The molecule has 0 amide bonds. The van der Waals surface area contributed by atoms with Crippen LogP contribution in [-0.4, -0.2) is 20.6 Å². The monoisotopic (exact) mass is 337 g/mol. The molecule has 3 rings (SSSR count). The van der Waals surface area contributed by atoms with Crippen molar-refractivity contribution in [1.29, 1.82) is 5.26 Å². The zero-order valence-corrected chi connectivity index (χ0v) is 14.1. The number of pyridine rings is 1. The summed E-state index contributed by atoms with van der Waals surface area (Å²) < 4.78 is 1.92. The SMILES string of the molecule is Cc1cc(C)c2c(C#N)c(/C=C/C(=O)O)n(Cc3cccs3)c2n1. The van der Waals surface area contributed by atoms with Gasteiger partial charge >= 0.3 is 5.97 Å². The zero-order chi connectivity index (χ0) is 17.3. The summed E-state index contributed by atoms with van der Waals surface area (Å²) in [4.78, 5) is 16.7. The molecule has 0 aliphatic rings. The van der Waals surface area contributed by atoms with Gasteiger partial charge < -0.3 is 9.67 Å². The van der Waals surface area contributed by atoms with Crippen LogP contribution < -0.4 is 0 Å². The zero-order valence-electron chi connectivity index (χ0n) is 13.3. The Bertz CT molecular complexity index is 992. The third-order valence-electron chi connectivity index (χ3n) is 3.77. The standard InChI is InChI=1S/C18H15N3O2S/c1-11-8-12(2)20-18-17(11)14(9-19)15(5-6-16(22)23)21(18)10-13-4-3-7-24-13/h3-8H,10H2,1-2H3,(H,22,23)/b6-5+. The number of aryl methyl sites for hydroxylation is 2. The Morgan fingerprint density at radius 1 is 1.50 bits per heavy atom. The molecular formula is C18H15N3O2S. The van der Waals surface area contributed by atoms with Crippen LogP contribution in [0.25, 0.3) is 17.1 Å². The fourth-order valence-corrected chi connectivity index (χ4v) is 3.55. The number of nitrogens with zero attached hydrogens (tertiary/aromatic N) is 3. The van der Waals surface area contributed by atoms with E-state index in [4.69, 9.17) is 5.11 Å². The van der Waals surface area contributed by atoms with E-state index in [1.54, 1.807) is 11.3 Å². The summed E-state index contributed by atoms with van der Waals surface area (Å²) in [6, 6.07) is 8.13. The number of aromatic nitrogens is 2. The van der Waals surface area contributed by atoms with Crippen molar-refractivity contribution >= 4 is 34.4 Å². The smallest absolute Gasteiger partial charge is 0.328 e. The number of hydrogen-bond acceptors (Lipinski definition) is 4. The summed E-state index contributed by atoms with van der Waals surface area (Å²) in [6.07, 6.45) is 2.53. The van der Waals surface area contributed by atoms with Crippen molar-refractivity contribution in [3.05, 3.63) is 57.0 Å². The van der Waals surface area contributed by atoms with E-state index in [9.17, 15) is 10.1 Å². The molecule has 0 radical (unpaired) electrons. The van der Waals surface area contributed by atoms with Gasteiger partial charge in [-0.15, -0.1) is 11.3 Å². The number of carbonyl (C=O) groups is 1. The van der Waals surface area contributed by atoms with Crippen molar-refractivity contribution in [1.82, 2.24) is 9.55 Å². The number of rotatable bonds is 4. The Kier molecular flexibility index (Phi) is 4.19. The van der Waals surface area contributed by atoms with Crippen molar-refractivity contribution in [3.63, 3.8) is 0 Å². The van der Waals surface area contributed by atoms with Crippen LogP contribution in [0.5, 0.6) is 0 Å². The Hall–Kier alpha value is -2.91. The van der Waals surface area contributed by atoms with Crippen molar-refractivity contribution in [2.45, 2.75) is 20.4 Å². The first-order valence-electron chi connectivity index (χ1n) is 7.35. The summed E-state index contributed by atoms with van der Waals surface area (Å²) in [5.41, 5.74) is 3.57. The van der Waals surface area contributed by atoms with Gasteiger partial charge in [0.25, 0.3) is 0 Å². The molecule has 0 saturated heterocycles. The molecule has 0 aliphatic heterocycles. The van der Waals surface area contributed by atoms with Crippen LogP contribution >= 0.6 is 11.3 Å². The molecule has 3 aromatic heterocycles. The van der Waals surface area contributed by atoms with E-state index in [1.165, 1.54) is 6.08 Å². The average molecular weight is 337 g/mol. The van der Waals surface area contributed by atoms with Gasteiger partial charge in [0, 0.05) is 22.0 Å². The molecule has 6 heteroatoms. The quantitative estimate of drug-likeness (QED) is 0.736. The second-order valence-electron chi connectivity index (χ2n) is 5.49. The Balaban J connectivity index is 2.34. The maximum Gasteiger partial charge on any atom is 0.328 e. The van der Waals surface area contributed by atoms with Crippen LogP contribution in [0, 0.1) is 25.2 Å². The Labute approximate surface area is 143 Å². The molecule has 0 spiro atoms. The van der Waals surface area contributed by atoms with Crippen molar-refractivity contribution in [3.8, 4) is 6.07 Å². The topological polar surface area (TPSA) is 78.9 Å². The molecule has 0 fully saturated rings. The summed E-state index contributed by atoms with van der Waals surface area (Å²) in [5, 5.41) is 21.4. The Morgan fingerprint density at radius 2 is 2.29 bits per heavy atom. The van der Waals surface area contributed by atoms with Gasteiger partial charge in [-0.2, -0.15) is 5.26 Å². The first-order valence-corrected chi connectivity index (χ1v) is 8.23. The molecule has 24 heavy (non-hydrogen) atoms. The molecule has 3 aromatic rings. The fourth-order valence-electron chi connectivity index (χ4n) is 2.85. The molecule has 0 saturated carbocycles. The van der Waals surface area contributed by atoms with Crippen molar-refractivity contribution in [2.75, 3.05) is 0 Å². The predicted octanol–water partition coefficient (Wildman–Crippen LogP) is 3.73. The lowest BCUT2D eigenvalue weighted by molar-refractivity contribution is -0.131. The minimum Gasteiger partial charge on any atom is -0.478 e. The number of carboxylic acids is 1. The largest absolute Gasteiger partial charge is 0.478 e. The van der Waals surface area contributed by atoms with Gasteiger partial charge in [-0.25, -0.2) is 9.78 Å². The molecule has 3 heterocycles. The maximum atomic E-state index is 10.9. The minimum atomic E-state index is -1.05. The molecule has 5 nitrogen and oxygen atoms in total. The van der Waals surface area contributed by atoms with Crippen LogP contribution in [0.1, 0.15) is 27.4 Å². The first kappa shape index (κ1) is 16.0. The second-order valence-corrected chi connectivity index (χ2v) is 6.52. The predicted molar refractivity (Wildman–Crippen MR) is 94.0 cm³/mol. The van der Waals surface area contributed by atoms with Crippen LogP contribution in [0.15, 0.2) is 29.7 Å². The van der Waals surface area contributed by atoms with E-state index in [1.807, 2.05) is 42.0 Å². The fraction of sp³-hybridized carbons (Fsp3) is 0.167. The van der Waals surface area contributed by atoms with Crippen LogP contribution in [0.4, 0.5) is 0 Å². The van der Waals surface area contributed by atoms with E-state index in [2.05, 4.69) is 11.1 Å².